The Bertz CT molecular complexity index is 620. The topological polar surface area (TPSA) is 54.4 Å². The first-order valence-electron chi connectivity index (χ1n) is 8.52. The predicted molar refractivity (Wildman–Crippen MR) is 95.9 cm³/mol. The molecule has 1 aliphatic heterocycles. The van der Waals surface area contributed by atoms with Crippen molar-refractivity contribution in [1.29, 1.82) is 0 Å². The Morgan fingerprint density at radius 2 is 2.12 bits per heavy atom. The van der Waals surface area contributed by atoms with E-state index < -0.39 is 0 Å². The van der Waals surface area contributed by atoms with Gasteiger partial charge in [0.15, 0.2) is 10.8 Å². The van der Waals surface area contributed by atoms with Crippen LogP contribution in [0, 0.1) is 0 Å². The van der Waals surface area contributed by atoms with Crippen LogP contribution in [0.3, 0.4) is 0 Å². The van der Waals surface area contributed by atoms with Crippen molar-refractivity contribution in [2.45, 2.75) is 26.4 Å². The van der Waals surface area contributed by atoms with Crippen LogP contribution in [0.1, 0.15) is 19.5 Å². The molecule has 0 aliphatic carbocycles. The van der Waals surface area contributed by atoms with Crippen LogP contribution in [0.2, 0.25) is 0 Å². The van der Waals surface area contributed by atoms with Crippen molar-refractivity contribution in [3.63, 3.8) is 0 Å². The zero-order valence-electron chi connectivity index (χ0n) is 14.4. The lowest BCUT2D eigenvalue weighted by Gasteiger charge is -2.39. The SMILES string of the molecule is CCOCCN1CCN(Cc2csc(-c3ncccn3)n2)C[C@H]1C. The normalized spacial score (nSPS) is 19.7. The first kappa shape index (κ1) is 17.4. The number of hydrogen-bond donors (Lipinski definition) is 0. The van der Waals surface area contributed by atoms with Gasteiger partial charge in [-0.25, -0.2) is 15.0 Å². The molecule has 2 aromatic heterocycles. The molecule has 0 unspecified atom stereocenters. The fraction of sp³-hybridized carbons (Fsp3) is 0.588. The molecule has 7 heteroatoms. The Morgan fingerprint density at radius 3 is 2.88 bits per heavy atom. The third-order valence-corrected chi connectivity index (χ3v) is 5.16. The quantitative estimate of drug-likeness (QED) is 0.715. The molecule has 1 fully saturated rings. The zero-order chi connectivity index (χ0) is 16.8. The fourth-order valence-electron chi connectivity index (χ4n) is 2.99. The zero-order valence-corrected chi connectivity index (χ0v) is 15.2. The molecule has 130 valence electrons. The second kappa shape index (κ2) is 8.62. The van der Waals surface area contributed by atoms with Gasteiger partial charge >= 0.3 is 0 Å². The number of nitrogens with zero attached hydrogens (tertiary/aromatic N) is 5. The highest BCUT2D eigenvalue weighted by atomic mass is 32.1. The highest BCUT2D eigenvalue weighted by Gasteiger charge is 2.23. The van der Waals surface area contributed by atoms with Crippen molar-refractivity contribution in [2.24, 2.45) is 0 Å². The van der Waals surface area contributed by atoms with Crippen molar-refractivity contribution in [3.8, 4) is 10.8 Å². The molecule has 6 nitrogen and oxygen atoms in total. The van der Waals surface area contributed by atoms with E-state index in [0.717, 1.165) is 56.6 Å². The highest BCUT2D eigenvalue weighted by molar-refractivity contribution is 7.13. The van der Waals surface area contributed by atoms with Crippen molar-refractivity contribution in [3.05, 3.63) is 29.5 Å². The summed E-state index contributed by atoms with van der Waals surface area (Å²) in [4.78, 5) is 18.2. The Morgan fingerprint density at radius 1 is 1.29 bits per heavy atom. The number of thiazole rings is 1. The van der Waals surface area contributed by atoms with E-state index >= 15 is 0 Å². The van der Waals surface area contributed by atoms with Crippen LogP contribution in [0.15, 0.2) is 23.8 Å². The van der Waals surface area contributed by atoms with Crippen LogP contribution in [0.25, 0.3) is 10.8 Å². The van der Waals surface area contributed by atoms with Gasteiger partial charge in [-0.05, 0) is 19.9 Å². The fourth-order valence-corrected chi connectivity index (χ4v) is 3.75. The average Bonchev–Trinajstić information content (AvgIpc) is 3.06. The van der Waals surface area contributed by atoms with Crippen LogP contribution in [0.5, 0.6) is 0 Å². The molecule has 1 aliphatic rings. The molecule has 0 N–H and O–H groups in total. The van der Waals surface area contributed by atoms with E-state index in [4.69, 9.17) is 9.72 Å². The van der Waals surface area contributed by atoms with E-state index in [9.17, 15) is 0 Å². The van der Waals surface area contributed by atoms with Crippen LogP contribution in [0.4, 0.5) is 0 Å². The summed E-state index contributed by atoms with van der Waals surface area (Å²) in [5.41, 5.74) is 1.11. The number of ether oxygens (including phenoxy) is 1. The maximum absolute atomic E-state index is 5.48. The molecule has 3 rings (SSSR count). The standard InChI is InChI=1S/C17H25N5OS/c1-3-23-10-9-22-8-7-21(11-14(22)2)12-15-13-24-17(20-15)16-18-5-4-6-19-16/h4-6,13-14H,3,7-12H2,1-2H3/t14-/m1/s1. The van der Waals surface area contributed by atoms with Crippen LogP contribution < -0.4 is 0 Å². The monoisotopic (exact) mass is 347 g/mol. The van der Waals surface area contributed by atoms with E-state index in [-0.39, 0.29) is 0 Å². The lowest BCUT2D eigenvalue weighted by molar-refractivity contribution is 0.0463. The minimum atomic E-state index is 0.551. The first-order chi connectivity index (χ1) is 11.8. The minimum Gasteiger partial charge on any atom is -0.380 e. The molecule has 0 bridgehead atoms. The summed E-state index contributed by atoms with van der Waals surface area (Å²) >= 11 is 1.62. The summed E-state index contributed by atoms with van der Waals surface area (Å²) in [7, 11) is 0. The van der Waals surface area contributed by atoms with E-state index in [0.29, 0.717) is 11.9 Å². The predicted octanol–water partition coefficient (Wildman–Crippen LogP) is 2.14. The first-order valence-corrected chi connectivity index (χ1v) is 9.40. The lowest BCUT2D eigenvalue weighted by atomic mass is 10.2. The molecule has 1 atom stereocenters. The Labute approximate surface area is 147 Å². The van der Waals surface area contributed by atoms with Gasteiger partial charge in [-0.3, -0.25) is 9.80 Å². The van der Waals surface area contributed by atoms with E-state index in [1.807, 2.05) is 13.0 Å². The molecule has 2 aromatic rings. The van der Waals surface area contributed by atoms with Gasteiger partial charge < -0.3 is 4.74 Å². The van der Waals surface area contributed by atoms with Crippen LogP contribution in [-0.4, -0.2) is 70.2 Å². The number of hydrogen-bond acceptors (Lipinski definition) is 7. The smallest absolute Gasteiger partial charge is 0.188 e. The maximum atomic E-state index is 5.48. The molecule has 0 spiro atoms. The van der Waals surface area contributed by atoms with Gasteiger partial charge in [0.1, 0.15) is 0 Å². The van der Waals surface area contributed by atoms with Crippen LogP contribution in [-0.2, 0) is 11.3 Å². The molecule has 0 amide bonds. The Balaban J connectivity index is 1.52. The molecular formula is C17H25N5OS. The summed E-state index contributed by atoms with van der Waals surface area (Å²) in [6.45, 7) is 11.1. The highest BCUT2D eigenvalue weighted by Crippen LogP contribution is 2.21. The second-order valence-electron chi connectivity index (χ2n) is 6.03. The summed E-state index contributed by atoms with van der Waals surface area (Å²) < 4.78 is 5.48. The second-order valence-corrected chi connectivity index (χ2v) is 6.89. The third-order valence-electron chi connectivity index (χ3n) is 4.27. The van der Waals surface area contributed by atoms with Gasteiger partial charge in [-0.2, -0.15) is 0 Å². The van der Waals surface area contributed by atoms with Gasteiger partial charge in [0.2, 0.25) is 0 Å². The molecule has 3 heterocycles. The Kier molecular flexibility index (Phi) is 6.25. The summed E-state index contributed by atoms with van der Waals surface area (Å²) in [6.07, 6.45) is 3.51. The lowest BCUT2D eigenvalue weighted by Crippen LogP contribution is -2.52. The van der Waals surface area contributed by atoms with E-state index in [1.54, 1.807) is 23.7 Å². The van der Waals surface area contributed by atoms with Crippen molar-refractivity contribution < 1.29 is 4.74 Å². The van der Waals surface area contributed by atoms with Gasteiger partial charge in [0.25, 0.3) is 0 Å². The van der Waals surface area contributed by atoms with Gasteiger partial charge in [0.05, 0.1) is 12.3 Å². The molecule has 0 radical (unpaired) electrons. The number of rotatable bonds is 7. The average molecular weight is 347 g/mol. The maximum Gasteiger partial charge on any atom is 0.188 e. The molecule has 0 aromatic carbocycles. The van der Waals surface area contributed by atoms with Gasteiger partial charge in [-0.1, -0.05) is 0 Å². The largest absolute Gasteiger partial charge is 0.380 e. The van der Waals surface area contributed by atoms with E-state index in [1.165, 1.54) is 0 Å². The summed E-state index contributed by atoms with van der Waals surface area (Å²) in [5, 5.41) is 3.02. The van der Waals surface area contributed by atoms with E-state index in [2.05, 4.69) is 32.1 Å². The number of aromatic nitrogens is 3. The summed E-state index contributed by atoms with van der Waals surface area (Å²) in [5.74, 6) is 0.711. The molecule has 24 heavy (non-hydrogen) atoms. The minimum absolute atomic E-state index is 0.551. The summed E-state index contributed by atoms with van der Waals surface area (Å²) in [6, 6.07) is 2.37. The van der Waals surface area contributed by atoms with Crippen LogP contribution >= 0.6 is 11.3 Å². The van der Waals surface area contributed by atoms with Crippen molar-refractivity contribution >= 4 is 11.3 Å². The number of piperazine rings is 1. The van der Waals surface area contributed by atoms with Gasteiger partial charge in [-0.15, -0.1) is 11.3 Å². The van der Waals surface area contributed by atoms with Crippen molar-refractivity contribution in [2.75, 3.05) is 39.4 Å². The Hall–Kier alpha value is -1.41. The molecular weight excluding hydrogens is 322 g/mol. The molecule has 0 saturated carbocycles. The molecule has 1 saturated heterocycles. The van der Waals surface area contributed by atoms with Gasteiger partial charge in [0, 0.05) is 63.1 Å². The third kappa shape index (κ3) is 4.57. The van der Waals surface area contributed by atoms with Crippen molar-refractivity contribution in [1.82, 2.24) is 24.8 Å².